The third kappa shape index (κ3) is 4.75. The Morgan fingerprint density at radius 2 is 1.84 bits per heavy atom. The average molecular weight is 440 g/mol. The highest BCUT2D eigenvalue weighted by atomic mass is 19.1. The molecule has 0 radical (unpaired) electrons. The van der Waals surface area contributed by atoms with Gasteiger partial charge in [0.2, 0.25) is 5.91 Å². The fourth-order valence-electron chi connectivity index (χ4n) is 4.50. The number of hydrogen-bond donors (Lipinski definition) is 1. The Balaban J connectivity index is 1.45. The molecule has 0 bridgehead atoms. The zero-order valence-electron chi connectivity index (χ0n) is 18.7. The molecule has 1 aliphatic rings. The summed E-state index contributed by atoms with van der Waals surface area (Å²) in [5.74, 6) is -0.484. The Kier molecular flexibility index (Phi) is 6.69. The molecule has 3 aromatic rings. The van der Waals surface area contributed by atoms with E-state index in [1.165, 1.54) is 29.7 Å². The zero-order valence-corrected chi connectivity index (χ0v) is 18.7. The molecule has 1 amide bonds. The number of carbonyl (C=O) groups is 1. The molecule has 0 saturated carbocycles. The van der Waals surface area contributed by atoms with Gasteiger partial charge in [-0.2, -0.15) is 5.10 Å². The molecule has 32 heavy (non-hydrogen) atoms. The van der Waals surface area contributed by atoms with Crippen LogP contribution < -0.4 is 10.9 Å². The van der Waals surface area contributed by atoms with E-state index in [1.807, 2.05) is 18.4 Å². The third-order valence-electron chi connectivity index (χ3n) is 6.32. The fourth-order valence-corrected chi connectivity index (χ4v) is 4.50. The van der Waals surface area contributed by atoms with Crippen molar-refractivity contribution in [2.24, 2.45) is 0 Å². The first-order chi connectivity index (χ1) is 15.4. The van der Waals surface area contributed by atoms with Crippen LogP contribution in [0, 0.1) is 19.7 Å². The van der Waals surface area contributed by atoms with E-state index in [1.54, 1.807) is 18.3 Å². The summed E-state index contributed by atoms with van der Waals surface area (Å²) in [5.41, 5.74) is 2.41. The van der Waals surface area contributed by atoms with Crippen LogP contribution in [0.4, 0.5) is 4.39 Å². The Labute approximate surface area is 186 Å². The first-order valence-corrected chi connectivity index (χ1v) is 11.2. The number of nitrogens with zero attached hydrogens (tertiary/aromatic N) is 4. The molecular weight excluding hydrogens is 409 g/mol. The molecule has 4 rings (SSSR count). The smallest absolute Gasteiger partial charge is 0.276 e. The van der Waals surface area contributed by atoms with E-state index in [2.05, 4.69) is 15.3 Å². The van der Waals surface area contributed by atoms with Gasteiger partial charge in [-0.05, 0) is 70.4 Å². The maximum atomic E-state index is 13.2. The molecule has 0 aliphatic carbocycles. The van der Waals surface area contributed by atoms with E-state index in [0.717, 1.165) is 48.4 Å². The van der Waals surface area contributed by atoms with Crippen LogP contribution in [0.5, 0.6) is 0 Å². The monoisotopic (exact) mass is 439 g/mol. The summed E-state index contributed by atoms with van der Waals surface area (Å²) >= 11 is 0. The number of hydrogen-bond acceptors (Lipinski definition) is 4. The summed E-state index contributed by atoms with van der Waals surface area (Å²) in [6.07, 6.45) is 5.07. The van der Waals surface area contributed by atoms with Crippen LogP contribution in [0.3, 0.4) is 0 Å². The van der Waals surface area contributed by atoms with Gasteiger partial charge in [0, 0.05) is 29.9 Å². The summed E-state index contributed by atoms with van der Waals surface area (Å²) in [7, 11) is 0. The number of aryl methyl sites for hydroxylation is 2. The molecule has 2 aromatic heterocycles. The van der Waals surface area contributed by atoms with Crippen molar-refractivity contribution >= 4 is 16.7 Å². The number of rotatable bonds is 8. The largest absolute Gasteiger partial charge is 0.354 e. The Bertz CT molecular complexity index is 1160. The van der Waals surface area contributed by atoms with Crippen LogP contribution >= 0.6 is 0 Å². The minimum absolute atomic E-state index is 0.0971. The lowest BCUT2D eigenvalue weighted by Crippen LogP contribution is -2.35. The normalized spacial score (nSPS) is 14.3. The van der Waals surface area contributed by atoms with Crippen LogP contribution in [0.15, 0.2) is 35.3 Å². The molecule has 1 aromatic carbocycles. The van der Waals surface area contributed by atoms with Crippen molar-refractivity contribution in [3.05, 3.63) is 63.6 Å². The Morgan fingerprint density at radius 3 is 2.56 bits per heavy atom. The molecule has 1 aliphatic heterocycles. The van der Waals surface area contributed by atoms with E-state index in [4.69, 9.17) is 0 Å². The van der Waals surface area contributed by atoms with Gasteiger partial charge in [-0.15, -0.1) is 0 Å². The molecule has 170 valence electrons. The average Bonchev–Trinajstić information content (AvgIpc) is 3.37. The first-order valence-electron chi connectivity index (χ1n) is 11.2. The summed E-state index contributed by atoms with van der Waals surface area (Å²) < 4.78 is 16.5. The Morgan fingerprint density at radius 1 is 1.12 bits per heavy atom. The summed E-state index contributed by atoms with van der Waals surface area (Å²) in [6.45, 7) is 8.15. The number of aromatic nitrogens is 3. The van der Waals surface area contributed by atoms with Crippen molar-refractivity contribution in [1.29, 1.82) is 0 Å². The van der Waals surface area contributed by atoms with E-state index in [0.29, 0.717) is 18.5 Å². The number of amides is 1. The van der Waals surface area contributed by atoms with Crippen LogP contribution in [-0.4, -0.2) is 51.3 Å². The van der Waals surface area contributed by atoms with Crippen molar-refractivity contribution in [1.82, 2.24) is 24.6 Å². The van der Waals surface area contributed by atoms with Gasteiger partial charge in [0.15, 0.2) is 0 Å². The second kappa shape index (κ2) is 9.65. The van der Waals surface area contributed by atoms with Crippen molar-refractivity contribution in [3.8, 4) is 0 Å². The van der Waals surface area contributed by atoms with Crippen molar-refractivity contribution in [2.45, 2.75) is 46.2 Å². The van der Waals surface area contributed by atoms with Gasteiger partial charge >= 0.3 is 0 Å². The molecule has 0 spiro atoms. The van der Waals surface area contributed by atoms with Crippen molar-refractivity contribution < 1.29 is 9.18 Å². The molecule has 7 nitrogen and oxygen atoms in total. The second-order valence-corrected chi connectivity index (χ2v) is 8.53. The fraction of sp³-hybridized carbons (Fsp3) is 0.458. The number of halogens is 1. The van der Waals surface area contributed by atoms with E-state index < -0.39 is 0 Å². The quantitative estimate of drug-likeness (QED) is 0.548. The molecule has 1 fully saturated rings. The number of benzene rings is 1. The number of fused-ring (bicyclic) bond motifs is 1. The number of carbonyl (C=O) groups excluding carboxylic acids is 1. The lowest BCUT2D eigenvalue weighted by Gasteiger charge is -2.14. The van der Waals surface area contributed by atoms with E-state index in [9.17, 15) is 14.0 Å². The maximum Gasteiger partial charge on any atom is 0.276 e. The second-order valence-electron chi connectivity index (χ2n) is 8.53. The summed E-state index contributed by atoms with van der Waals surface area (Å²) in [5, 5.41) is 8.49. The minimum atomic E-state index is -0.277. The third-order valence-corrected chi connectivity index (χ3v) is 6.32. The van der Waals surface area contributed by atoms with Crippen molar-refractivity contribution in [2.75, 3.05) is 26.2 Å². The van der Waals surface area contributed by atoms with Gasteiger partial charge in [0.25, 0.3) is 5.56 Å². The highest BCUT2D eigenvalue weighted by Gasteiger charge is 2.17. The lowest BCUT2D eigenvalue weighted by molar-refractivity contribution is -0.121. The molecule has 8 heteroatoms. The van der Waals surface area contributed by atoms with Gasteiger partial charge in [-0.1, -0.05) is 12.1 Å². The Hall–Kier alpha value is -3.00. The van der Waals surface area contributed by atoms with Gasteiger partial charge in [0.05, 0.1) is 11.6 Å². The number of likely N-dealkylation sites (tertiary alicyclic amines) is 1. The molecule has 0 atom stereocenters. The van der Waals surface area contributed by atoms with Gasteiger partial charge < -0.3 is 14.8 Å². The van der Waals surface area contributed by atoms with Gasteiger partial charge in [0.1, 0.15) is 12.4 Å². The van der Waals surface area contributed by atoms with Crippen LogP contribution in [0.1, 0.15) is 36.2 Å². The topological polar surface area (TPSA) is 72.2 Å². The minimum Gasteiger partial charge on any atom is -0.354 e. The lowest BCUT2D eigenvalue weighted by atomic mass is 10.2. The highest BCUT2D eigenvalue weighted by molar-refractivity contribution is 5.87. The molecule has 1 saturated heterocycles. The predicted molar refractivity (Wildman–Crippen MR) is 122 cm³/mol. The molecule has 3 heterocycles. The van der Waals surface area contributed by atoms with Gasteiger partial charge in [-0.3, -0.25) is 9.59 Å². The van der Waals surface area contributed by atoms with Crippen LogP contribution in [0.2, 0.25) is 0 Å². The first kappa shape index (κ1) is 22.2. The number of nitrogens with one attached hydrogen (secondary N) is 1. The summed E-state index contributed by atoms with van der Waals surface area (Å²) in [4.78, 5) is 27.9. The highest BCUT2D eigenvalue weighted by Crippen LogP contribution is 2.23. The standard InChI is InChI=1S/C24H30FN5O2/c1-17-21-14-27-30(16-22(31)26-10-5-13-28-11-3-4-12-28)24(32)23(21)18(2)29(17)15-19-6-8-20(25)9-7-19/h6-9,14H,3-5,10-13,15-16H2,1-2H3,(H,26,31). The maximum absolute atomic E-state index is 13.2. The molecule has 0 unspecified atom stereocenters. The van der Waals surface area contributed by atoms with Crippen LogP contribution in [-0.2, 0) is 17.9 Å². The molecular formula is C24H30FN5O2. The summed E-state index contributed by atoms with van der Waals surface area (Å²) in [6, 6.07) is 6.34. The van der Waals surface area contributed by atoms with Crippen molar-refractivity contribution in [3.63, 3.8) is 0 Å². The van der Waals surface area contributed by atoms with E-state index in [-0.39, 0.29) is 23.8 Å². The SMILES string of the molecule is Cc1c2cnn(CC(=O)NCCCN3CCCC3)c(=O)c2c(C)n1Cc1ccc(F)cc1. The zero-order chi connectivity index (χ0) is 22.7. The van der Waals surface area contributed by atoms with Crippen LogP contribution in [0.25, 0.3) is 10.8 Å². The predicted octanol–water partition coefficient (Wildman–Crippen LogP) is 2.60. The van der Waals surface area contributed by atoms with Gasteiger partial charge in [-0.25, -0.2) is 9.07 Å². The van der Waals surface area contributed by atoms with E-state index >= 15 is 0 Å². The molecule has 1 N–H and O–H groups in total.